The van der Waals surface area contributed by atoms with Crippen LogP contribution in [0.4, 0.5) is 10.1 Å². The van der Waals surface area contributed by atoms with E-state index in [2.05, 4.69) is 5.32 Å². The molecule has 0 spiro atoms. The van der Waals surface area contributed by atoms with E-state index in [0.29, 0.717) is 12.3 Å². The molecule has 0 heterocycles. The van der Waals surface area contributed by atoms with Crippen LogP contribution in [0.1, 0.15) is 25.0 Å². The molecule has 0 fully saturated rings. The molecule has 0 radical (unpaired) electrons. The Hall–Kier alpha value is -3.92. The maximum absolute atomic E-state index is 14.8. The Balaban J connectivity index is 2.04. The molecule has 3 aromatic carbocycles. The number of hydrogen-bond donors (Lipinski definition) is 1. The average Bonchev–Trinajstić information content (AvgIpc) is 2.93. The summed E-state index contributed by atoms with van der Waals surface area (Å²) in [6.45, 7) is 3.48. The van der Waals surface area contributed by atoms with E-state index in [-0.39, 0.29) is 30.1 Å². The summed E-state index contributed by atoms with van der Waals surface area (Å²) in [7, 11) is -2.41. The van der Waals surface area contributed by atoms with Crippen molar-refractivity contribution in [1.82, 2.24) is 10.2 Å². The molecule has 10 heteroatoms. The highest BCUT2D eigenvalue weighted by molar-refractivity contribution is 7.92. The minimum Gasteiger partial charge on any atom is -0.497 e. The maximum Gasteiger partial charge on any atom is 0.244 e. The van der Waals surface area contributed by atoms with E-state index in [1.165, 1.54) is 36.3 Å². The third-order valence-electron chi connectivity index (χ3n) is 6.29. The largest absolute Gasteiger partial charge is 0.497 e. The number of hydrogen-bond acceptors (Lipinski definition) is 5. The Morgan fingerprint density at radius 1 is 0.950 bits per heavy atom. The summed E-state index contributed by atoms with van der Waals surface area (Å²) in [5, 5.41) is 2.89. The van der Waals surface area contributed by atoms with Gasteiger partial charge in [-0.1, -0.05) is 62.4 Å². The number of halogens is 1. The van der Waals surface area contributed by atoms with Crippen LogP contribution in [0.5, 0.6) is 5.75 Å². The molecule has 0 aliphatic heterocycles. The summed E-state index contributed by atoms with van der Waals surface area (Å²) in [6.07, 6.45) is 1.16. The van der Waals surface area contributed by atoms with Gasteiger partial charge in [0.2, 0.25) is 21.8 Å². The van der Waals surface area contributed by atoms with Crippen LogP contribution in [-0.4, -0.2) is 57.6 Å². The molecule has 0 unspecified atom stereocenters. The molecule has 0 bridgehead atoms. The average molecular weight is 570 g/mol. The molecule has 0 aliphatic carbocycles. The normalized spacial score (nSPS) is 12.1. The van der Waals surface area contributed by atoms with E-state index in [4.69, 9.17) is 4.74 Å². The zero-order valence-electron chi connectivity index (χ0n) is 23.2. The number of anilines is 1. The van der Waals surface area contributed by atoms with Crippen LogP contribution in [0.2, 0.25) is 0 Å². The first kappa shape index (κ1) is 30.6. The Kier molecular flexibility index (Phi) is 10.7. The minimum absolute atomic E-state index is 0.159. The molecule has 2 amide bonds. The van der Waals surface area contributed by atoms with Gasteiger partial charge in [-0.3, -0.25) is 13.9 Å². The maximum atomic E-state index is 14.8. The number of sulfonamides is 1. The summed E-state index contributed by atoms with van der Waals surface area (Å²) < 4.78 is 46.5. The van der Waals surface area contributed by atoms with E-state index in [0.717, 1.165) is 16.1 Å². The third kappa shape index (κ3) is 8.54. The van der Waals surface area contributed by atoms with Gasteiger partial charge in [0.1, 0.15) is 24.2 Å². The fourth-order valence-electron chi connectivity index (χ4n) is 4.15. The van der Waals surface area contributed by atoms with E-state index in [1.54, 1.807) is 24.3 Å². The molecule has 0 aromatic heterocycles. The van der Waals surface area contributed by atoms with Crippen LogP contribution in [0.15, 0.2) is 78.9 Å². The molecule has 3 rings (SSSR count). The van der Waals surface area contributed by atoms with Crippen molar-refractivity contribution in [2.24, 2.45) is 5.92 Å². The van der Waals surface area contributed by atoms with Crippen molar-refractivity contribution in [3.63, 3.8) is 0 Å². The Bertz CT molecular complexity index is 1380. The lowest BCUT2D eigenvalue weighted by atomic mass is 10.0. The standard InChI is InChI=1S/C30H36FN3O5S/c1-22(2)19-32-30(36)28(18-23-10-6-5-7-11-23)33(20-24-12-8-9-13-27(24)31)29(35)21-34(40(4,37)38)25-14-16-26(39-3)17-15-25/h5-17,22,28H,18-21H2,1-4H3,(H,32,36)/t28-/m0/s1. The lowest BCUT2D eigenvalue weighted by Crippen LogP contribution is -2.53. The van der Waals surface area contributed by atoms with Crippen LogP contribution >= 0.6 is 0 Å². The molecule has 214 valence electrons. The Labute approximate surface area is 235 Å². The fourth-order valence-corrected chi connectivity index (χ4v) is 5.00. The van der Waals surface area contributed by atoms with Crippen molar-refractivity contribution in [3.8, 4) is 5.75 Å². The molecule has 0 saturated carbocycles. The summed E-state index contributed by atoms with van der Waals surface area (Å²) in [4.78, 5) is 28.8. The second kappa shape index (κ2) is 13.9. The summed E-state index contributed by atoms with van der Waals surface area (Å²) in [6, 6.07) is 20.4. The number of nitrogens with zero attached hydrogens (tertiary/aromatic N) is 2. The van der Waals surface area contributed by atoms with Crippen LogP contribution in [0.25, 0.3) is 0 Å². The third-order valence-corrected chi connectivity index (χ3v) is 7.43. The molecule has 0 aliphatic rings. The number of methoxy groups -OCH3 is 1. The smallest absolute Gasteiger partial charge is 0.244 e. The second-order valence-electron chi connectivity index (χ2n) is 9.93. The number of ether oxygens (including phenoxy) is 1. The van der Waals surface area contributed by atoms with Crippen LogP contribution in [0.3, 0.4) is 0 Å². The highest BCUT2D eigenvalue weighted by atomic mass is 32.2. The van der Waals surface area contributed by atoms with Gasteiger partial charge in [0.15, 0.2) is 0 Å². The quantitative estimate of drug-likeness (QED) is 0.336. The molecular weight excluding hydrogens is 533 g/mol. The summed E-state index contributed by atoms with van der Waals surface area (Å²) in [5.74, 6) is -0.901. The van der Waals surface area contributed by atoms with Gasteiger partial charge in [-0.25, -0.2) is 12.8 Å². The second-order valence-corrected chi connectivity index (χ2v) is 11.8. The number of carbonyl (C=O) groups is 2. The summed E-state index contributed by atoms with van der Waals surface area (Å²) >= 11 is 0. The van der Waals surface area contributed by atoms with Crippen molar-refractivity contribution in [2.75, 3.05) is 30.8 Å². The number of amides is 2. The number of benzene rings is 3. The van der Waals surface area contributed by atoms with E-state index in [9.17, 15) is 22.4 Å². The summed E-state index contributed by atoms with van der Waals surface area (Å²) in [5.41, 5.74) is 1.26. The van der Waals surface area contributed by atoms with Crippen molar-refractivity contribution in [2.45, 2.75) is 32.9 Å². The van der Waals surface area contributed by atoms with Gasteiger partial charge in [0, 0.05) is 25.1 Å². The van der Waals surface area contributed by atoms with Gasteiger partial charge in [-0.2, -0.15) is 0 Å². The van der Waals surface area contributed by atoms with Crippen molar-refractivity contribution in [3.05, 3.63) is 95.8 Å². The highest BCUT2D eigenvalue weighted by Gasteiger charge is 2.33. The molecule has 1 N–H and O–H groups in total. The molecular formula is C30H36FN3O5S. The number of rotatable bonds is 13. The van der Waals surface area contributed by atoms with Gasteiger partial charge in [0.05, 0.1) is 19.1 Å². The van der Waals surface area contributed by atoms with Crippen molar-refractivity contribution < 1.29 is 27.1 Å². The zero-order valence-corrected chi connectivity index (χ0v) is 24.0. The lowest BCUT2D eigenvalue weighted by molar-refractivity contribution is -0.140. The fraction of sp³-hybridized carbons (Fsp3) is 0.333. The Morgan fingerprint density at radius 2 is 1.57 bits per heavy atom. The minimum atomic E-state index is -3.90. The van der Waals surface area contributed by atoms with Crippen LogP contribution in [-0.2, 0) is 32.6 Å². The highest BCUT2D eigenvalue weighted by Crippen LogP contribution is 2.23. The molecule has 8 nitrogen and oxygen atoms in total. The topological polar surface area (TPSA) is 96.0 Å². The van der Waals surface area contributed by atoms with Gasteiger partial charge in [-0.05, 0) is 41.8 Å². The van der Waals surface area contributed by atoms with E-state index < -0.39 is 40.2 Å². The monoisotopic (exact) mass is 569 g/mol. The number of carbonyl (C=O) groups excluding carboxylic acids is 2. The van der Waals surface area contributed by atoms with Crippen molar-refractivity contribution >= 4 is 27.5 Å². The van der Waals surface area contributed by atoms with E-state index >= 15 is 0 Å². The van der Waals surface area contributed by atoms with Gasteiger partial charge >= 0.3 is 0 Å². The van der Waals surface area contributed by atoms with E-state index in [1.807, 2.05) is 44.2 Å². The van der Waals surface area contributed by atoms with Crippen LogP contribution < -0.4 is 14.4 Å². The molecule has 1 atom stereocenters. The first-order chi connectivity index (χ1) is 19.0. The first-order valence-corrected chi connectivity index (χ1v) is 14.8. The molecule has 40 heavy (non-hydrogen) atoms. The zero-order chi connectivity index (χ0) is 29.3. The molecule has 3 aromatic rings. The van der Waals surface area contributed by atoms with Gasteiger partial charge in [-0.15, -0.1) is 0 Å². The Morgan fingerprint density at radius 3 is 2.15 bits per heavy atom. The number of nitrogens with one attached hydrogen (secondary N) is 1. The molecule has 0 saturated heterocycles. The SMILES string of the molecule is COc1ccc(N(CC(=O)N(Cc2ccccc2F)[C@@H](Cc2ccccc2)C(=O)NCC(C)C)S(C)(=O)=O)cc1. The van der Waals surface area contributed by atoms with Crippen molar-refractivity contribution in [1.29, 1.82) is 0 Å². The predicted octanol–water partition coefficient (Wildman–Crippen LogP) is 4.01. The predicted molar refractivity (Wildman–Crippen MR) is 154 cm³/mol. The van der Waals surface area contributed by atoms with Gasteiger partial charge < -0.3 is 15.0 Å². The van der Waals surface area contributed by atoms with Gasteiger partial charge in [0.25, 0.3) is 0 Å². The lowest BCUT2D eigenvalue weighted by Gasteiger charge is -2.33. The van der Waals surface area contributed by atoms with Crippen LogP contribution in [0, 0.1) is 11.7 Å². The first-order valence-electron chi connectivity index (χ1n) is 13.0.